The van der Waals surface area contributed by atoms with Crippen molar-refractivity contribution in [2.45, 2.75) is 64.8 Å². The first-order valence-electron chi connectivity index (χ1n) is 23.0. The topological polar surface area (TPSA) is 183 Å². The van der Waals surface area contributed by atoms with Crippen molar-refractivity contribution >= 4 is 78.2 Å². The quantitative estimate of drug-likeness (QED) is 0.0380. The summed E-state index contributed by atoms with van der Waals surface area (Å²) in [6, 6.07) is 15.6. The number of hydrogen-bond acceptors (Lipinski definition) is 12. The van der Waals surface area contributed by atoms with Gasteiger partial charge in [0.05, 0.1) is 22.1 Å². The number of hydrogen-bond donors (Lipinski definition) is 6. The summed E-state index contributed by atoms with van der Waals surface area (Å²) in [6.45, 7) is 12.8. The van der Waals surface area contributed by atoms with Crippen LogP contribution in [0.2, 0.25) is 0 Å². The molecule has 2 atom stereocenters. The summed E-state index contributed by atoms with van der Waals surface area (Å²) in [4.78, 5) is 75.2. The number of nitrogens with one attached hydrogen (secondary N) is 6. The van der Waals surface area contributed by atoms with E-state index in [9.17, 15) is 19.2 Å². The van der Waals surface area contributed by atoms with Gasteiger partial charge in [-0.15, -0.1) is 0 Å². The molecule has 0 spiro atoms. The van der Waals surface area contributed by atoms with Gasteiger partial charge in [0.1, 0.15) is 0 Å². The number of anilines is 2. The highest BCUT2D eigenvalue weighted by Gasteiger charge is 2.27. The fourth-order valence-electron chi connectivity index (χ4n) is 8.15. The van der Waals surface area contributed by atoms with E-state index in [4.69, 9.17) is 0 Å². The molecule has 4 aromatic heterocycles. The first-order valence-corrected chi connectivity index (χ1v) is 24.6. The largest absolute Gasteiger partial charge is 0.361 e. The van der Waals surface area contributed by atoms with E-state index < -0.39 is 5.92 Å². The number of para-hydroxylation sites is 2. The normalized spacial score (nSPS) is 15.3. The number of likely N-dealkylation sites (N-methyl/N-ethyl adjacent to an activating group) is 1. The molecule has 2 aromatic carbocycles. The van der Waals surface area contributed by atoms with E-state index in [1.54, 1.807) is 12.4 Å². The van der Waals surface area contributed by atoms with E-state index in [0.717, 1.165) is 115 Å². The summed E-state index contributed by atoms with van der Waals surface area (Å²) in [6.07, 6.45) is 11.6. The minimum absolute atomic E-state index is 0.00788. The van der Waals surface area contributed by atoms with Gasteiger partial charge in [0.25, 0.3) is 0 Å². The van der Waals surface area contributed by atoms with Crippen LogP contribution in [0, 0.1) is 5.92 Å². The number of carbonyl (C=O) groups excluding carboxylic acids is 4. The number of rotatable bonds is 19. The molecule has 0 aliphatic carbocycles. The Kier molecular flexibility index (Phi) is 17.1. The predicted octanol–water partition coefficient (Wildman–Crippen LogP) is 6.65. The third-order valence-corrected chi connectivity index (χ3v) is 14.1. The van der Waals surface area contributed by atoms with E-state index in [0.29, 0.717) is 35.7 Å². The lowest BCUT2D eigenvalue weighted by Gasteiger charge is -2.32. The van der Waals surface area contributed by atoms with E-state index in [1.807, 2.05) is 55.7 Å². The maximum absolute atomic E-state index is 13.2. The second-order valence-corrected chi connectivity index (χ2v) is 18.9. The molecule has 6 aromatic rings. The number of amides is 3. The Morgan fingerprint density at radius 3 is 1.86 bits per heavy atom. The number of fused-ring (bicyclic) bond motifs is 2. The average Bonchev–Trinajstić information content (AvgIpc) is 4.17. The van der Waals surface area contributed by atoms with Gasteiger partial charge in [-0.1, -0.05) is 79.3 Å². The molecule has 0 bridgehead atoms. The number of Topliss-reactive ketones (excluding diaryl/α,β-unsaturated/α-hetero) is 2. The monoisotopic (exact) mass is 921 g/mol. The molecule has 2 aliphatic heterocycles. The zero-order valence-corrected chi connectivity index (χ0v) is 39.4. The molecule has 346 valence electrons. The molecular weight excluding hydrogens is 859 g/mol. The maximum atomic E-state index is 13.2. The molecule has 8 rings (SSSR count). The highest BCUT2D eigenvalue weighted by Crippen LogP contribution is 2.29. The summed E-state index contributed by atoms with van der Waals surface area (Å²) in [5, 5.41) is 16.2. The molecule has 15 nitrogen and oxygen atoms in total. The van der Waals surface area contributed by atoms with Crippen LogP contribution in [-0.2, 0) is 17.6 Å². The zero-order valence-electron chi connectivity index (χ0n) is 37.8. The number of unbranched alkanes of at least 4 members (excludes halogenated alkanes) is 1. The molecule has 6 N–H and O–H groups in total. The summed E-state index contributed by atoms with van der Waals surface area (Å²) < 4.78 is 0. The number of urea groups is 1. The molecule has 2 fully saturated rings. The summed E-state index contributed by atoms with van der Waals surface area (Å²) in [5.74, 6) is -0.472. The Bertz CT molecular complexity index is 2480. The second-order valence-electron chi connectivity index (χ2n) is 16.9. The van der Waals surface area contributed by atoms with Crippen LogP contribution in [-0.4, -0.2) is 127 Å². The number of nitrogens with zero attached hydrogens (tertiary/aromatic N) is 5. The Morgan fingerprint density at radius 2 is 1.26 bits per heavy atom. The molecule has 2 aliphatic rings. The van der Waals surface area contributed by atoms with E-state index in [1.165, 1.54) is 22.7 Å². The molecule has 65 heavy (non-hydrogen) atoms. The number of H-pyrrole nitrogens is 2. The van der Waals surface area contributed by atoms with Gasteiger partial charge in [-0.25, -0.2) is 14.8 Å². The number of carbonyl (C=O) groups is 4. The van der Waals surface area contributed by atoms with Crippen LogP contribution in [0.25, 0.3) is 21.8 Å². The van der Waals surface area contributed by atoms with Crippen LogP contribution in [0.3, 0.4) is 0 Å². The average molecular weight is 922 g/mol. The molecule has 6 heterocycles. The van der Waals surface area contributed by atoms with Gasteiger partial charge < -0.3 is 45.9 Å². The van der Waals surface area contributed by atoms with E-state index in [2.05, 4.69) is 82.0 Å². The lowest BCUT2D eigenvalue weighted by atomic mass is 9.92. The van der Waals surface area contributed by atoms with Gasteiger partial charge >= 0.3 is 6.03 Å². The van der Waals surface area contributed by atoms with Crippen molar-refractivity contribution in [1.82, 2.24) is 46.1 Å². The van der Waals surface area contributed by atoms with Crippen LogP contribution < -0.4 is 31.1 Å². The smallest absolute Gasteiger partial charge is 0.315 e. The summed E-state index contributed by atoms with van der Waals surface area (Å²) in [5.41, 5.74) is 4.24. The fraction of sp³-hybridized carbons (Fsp3) is 0.458. The molecule has 0 radical (unpaired) electrons. The van der Waals surface area contributed by atoms with Gasteiger partial charge in [0, 0.05) is 124 Å². The lowest BCUT2D eigenvalue weighted by molar-refractivity contribution is -0.124. The minimum Gasteiger partial charge on any atom is -0.361 e. The van der Waals surface area contributed by atoms with Crippen LogP contribution >= 0.6 is 22.7 Å². The zero-order chi connectivity index (χ0) is 45.5. The summed E-state index contributed by atoms with van der Waals surface area (Å²) >= 11 is 2.88. The third kappa shape index (κ3) is 13.0. The summed E-state index contributed by atoms with van der Waals surface area (Å²) in [7, 11) is 2.12. The standard InChI is InChI=1S/C24H32N6O2S.C24H31N5O2S/c1-3-8-25-23(32)28-18(13-17-15-26-20-7-5-4-6-19(17)20)14-21(31)22-16-27-24(33-22)30-11-9-29(2)10-12-30;1-2-3-8-26-23(31)17(13-18-15-27-20-7-5-4-6-19(18)20)14-21(30)22-16-28-24(32-22)29-11-9-25-10-12-29/h4-7,15-16,18,26H,3,8-14H2,1-2H3,(H2,25,28,32);4-7,15-17,25,27H,2-3,8-14H2,1H3,(H,26,31). The number of aromatic amines is 2. The number of aromatic nitrogens is 4. The Morgan fingerprint density at radius 1 is 0.692 bits per heavy atom. The van der Waals surface area contributed by atoms with E-state index >= 15 is 0 Å². The molecule has 0 saturated carbocycles. The number of ketones is 2. The van der Waals surface area contributed by atoms with Crippen molar-refractivity contribution in [2.24, 2.45) is 5.92 Å². The van der Waals surface area contributed by atoms with Crippen molar-refractivity contribution in [3.8, 4) is 0 Å². The maximum Gasteiger partial charge on any atom is 0.315 e. The molecule has 17 heteroatoms. The van der Waals surface area contributed by atoms with Crippen molar-refractivity contribution in [3.63, 3.8) is 0 Å². The van der Waals surface area contributed by atoms with Crippen molar-refractivity contribution in [2.75, 3.05) is 82.3 Å². The fourth-order valence-corrected chi connectivity index (χ4v) is 9.99. The minimum atomic E-state index is -0.414. The second kappa shape index (κ2) is 23.5. The third-order valence-electron chi connectivity index (χ3n) is 11.9. The van der Waals surface area contributed by atoms with Crippen molar-refractivity contribution < 1.29 is 19.2 Å². The SMILES string of the molecule is CCCCNC(=O)C(CC(=O)c1cnc(N2CCNCC2)s1)Cc1c[nH]c2ccccc12.CCCNC(=O)NC(CC(=O)c1cnc(N2CCN(C)CC2)s1)Cc1c[nH]c2ccccc12. The van der Waals surface area contributed by atoms with Crippen LogP contribution in [0.15, 0.2) is 73.3 Å². The van der Waals surface area contributed by atoms with Crippen molar-refractivity contribution in [1.29, 1.82) is 0 Å². The predicted molar refractivity (Wildman–Crippen MR) is 263 cm³/mol. The Labute approximate surface area is 389 Å². The van der Waals surface area contributed by atoms with Crippen LogP contribution in [0.4, 0.5) is 15.1 Å². The lowest BCUT2D eigenvalue weighted by Crippen LogP contribution is -2.44. The van der Waals surface area contributed by atoms with Gasteiger partial charge in [0.15, 0.2) is 21.8 Å². The van der Waals surface area contributed by atoms with Gasteiger partial charge in [-0.3, -0.25) is 14.4 Å². The molecule has 2 unspecified atom stereocenters. The highest BCUT2D eigenvalue weighted by atomic mass is 32.1. The number of thiazole rings is 2. The molecule has 3 amide bonds. The van der Waals surface area contributed by atoms with Gasteiger partial charge in [-0.2, -0.15) is 0 Å². The number of benzene rings is 2. The van der Waals surface area contributed by atoms with Gasteiger partial charge in [0.2, 0.25) is 5.91 Å². The van der Waals surface area contributed by atoms with Crippen LogP contribution in [0.1, 0.15) is 76.4 Å². The highest BCUT2D eigenvalue weighted by molar-refractivity contribution is 7.17. The van der Waals surface area contributed by atoms with E-state index in [-0.39, 0.29) is 42.4 Å². The first kappa shape index (κ1) is 47.3. The number of piperazine rings is 2. The molecule has 2 saturated heterocycles. The Balaban J connectivity index is 0.000000194. The Hall–Kier alpha value is -5.62. The van der Waals surface area contributed by atoms with Crippen molar-refractivity contribution in [3.05, 3.63) is 94.2 Å². The van der Waals surface area contributed by atoms with Gasteiger partial charge in [-0.05, 0) is 56.0 Å². The first-order chi connectivity index (χ1) is 31.7. The molecular formula is C48H63N11O4S2. The van der Waals surface area contributed by atoms with Crippen LogP contribution in [0.5, 0.6) is 0 Å².